The van der Waals surface area contributed by atoms with Crippen molar-refractivity contribution in [1.29, 1.82) is 0 Å². The van der Waals surface area contributed by atoms with Gasteiger partial charge < -0.3 is 10.3 Å². The standard InChI is InChI=1S/C15H12BrN3O/c16-14-6-5-12(9-18-14)17-8-11-7-10-3-1-2-4-13(10)19-15(11)20/h1-7,9,17H,8H2,(H,19,20). The van der Waals surface area contributed by atoms with Crippen molar-refractivity contribution in [3.63, 3.8) is 0 Å². The monoisotopic (exact) mass is 329 g/mol. The van der Waals surface area contributed by atoms with Crippen LogP contribution in [0.25, 0.3) is 10.9 Å². The number of anilines is 1. The van der Waals surface area contributed by atoms with Gasteiger partial charge in [0.2, 0.25) is 0 Å². The quantitative estimate of drug-likeness (QED) is 0.725. The molecule has 1 aromatic carbocycles. The van der Waals surface area contributed by atoms with Crippen molar-refractivity contribution in [2.75, 3.05) is 5.32 Å². The van der Waals surface area contributed by atoms with Crippen LogP contribution in [0.2, 0.25) is 0 Å². The maximum Gasteiger partial charge on any atom is 0.253 e. The Morgan fingerprint density at radius 2 is 2.05 bits per heavy atom. The summed E-state index contributed by atoms with van der Waals surface area (Å²) in [6.07, 6.45) is 1.72. The Hall–Kier alpha value is -2.14. The number of aromatic nitrogens is 2. The summed E-state index contributed by atoms with van der Waals surface area (Å²) in [5, 5.41) is 4.22. The van der Waals surface area contributed by atoms with Gasteiger partial charge in [-0.05, 0) is 45.6 Å². The number of para-hydroxylation sites is 1. The summed E-state index contributed by atoms with van der Waals surface area (Å²) in [6, 6.07) is 13.4. The number of hydrogen-bond donors (Lipinski definition) is 2. The summed E-state index contributed by atoms with van der Waals surface area (Å²) in [5.41, 5.74) is 2.36. The molecule has 2 N–H and O–H groups in total. The Morgan fingerprint density at radius 1 is 1.20 bits per heavy atom. The van der Waals surface area contributed by atoms with E-state index in [9.17, 15) is 4.79 Å². The molecular formula is C15H12BrN3O. The highest BCUT2D eigenvalue weighted by Gasteiger charge is 2.02. The van der Waals surface area contributed by atoms with Gasteiger partial charge in [0.1, 0.15) is 4.60 Å². The first-order valence-corrected chi connectivity index (χ1v) is 6.98. The van der Waals surface area contributed by atoms with Gasteiger partial charge in [-0.25, -0.2) is 4.98 Å². The fourth-order valence-corrected chi connectivity index (χ4v) is 2.24. The highest BCUT2D eigenvalue weighted by Crippen LogP contribution is 2.13. The van der Waals surface area contributed by atoms with E-state index < -0.39 is 0 Å². The van der Waals surface area contributed by atoms with Crippen LogP contribution < -0.4 is 10.9 Å². The number of pyridine rings is 2. The number of aromatic amines is 1. The molecular weight excluding hydrogens is 318 g/mol. The predicted molar refractivity (Wildman–Crippen MR) is 83.8 cm³/mol. The van der Waals surface area contributed by atoms with Gasteiger partial charge in [0.15, 0.2) is 0 Å². The molecule has 5 heteroatoms. The molecule has 0 aliphatic carbocycles. The number of halogens is 1. The van der Waals surface area contributed by atoms with E-state index in [1.54, 1.807) is 6.20 Å². The molecule has 3 rings (SSSR count). The van der Waals surface area contributed by atoms with Crippen molar-refractivity contribution >= 4 is 32.5 Å². The van der Waals surface area contributed by atoms with Gasteiger partial charge >= 0.3 is 0 Å². The third kappa shape index (κ3) is 2.72. The number of rotatable bonds is 3. The molecule has 0 amide bonds. The summed E-state index contributed by atoms with van der Waals surface area (Å²) in [6.45, 7) is 0.462. The molecule has 0 fully saturated rings. The fraction of sp³-hybridized carbons (Fsp3) is 0.0667. The summed E-state index contributed by atoms with van der Waals surface area (Å²) in [4.78, 5) is 19.0. The zero-order valence-electron chi connectivity index (χ0n) is 10.6. The first kappa shape index (κ1) is 12.9. The molecule has 0 spiro atoms. The Labute approximate surface area is 124 Å². The fourth-order valence-electron chi connectivity index (χ4n) is 2.00. The minimum atomic E-state index is -0.0683. The Kier molecular flexibility index (Phi) is 3.52. The van der Waals surface area contributed by atoms with Gasteiger partial charge in [-0.1, -0.05) is 18.2 Å². The smallest absolute Gasteiger partial charge is 0.253 e. The highest BCUT2D eigenvalue weighted by atomic mass is 79.9. The van der Waals surface area contributed by atoms with Crippen molar-refractivity contribution in [2.45, 2.75) is 6.54 Å². The topological polar surface area (TPSA) is 57.8 Å². The summed E-state index contributed by atoms with van der Waals surface area (Å²) < 4.78 is 0.784. The van der Waals surface area contributed by atoms with Gasteiger partial charge in [-0.2, -0.15) is 0 Å². The maximum absolute atomic E-state index is 12.0. The number of fused-ring (bicyclic) bond motifs is 1. The second-order valence-electron chi connectivity index (χ2n) is 4.43. The largest absolute Gasteiger partial charge is 0.380 e. The molecule has 0 bridgehead atoms. The highest BCUT2D eigenvalue weighted by molar-refractivity contribution is 9.10. The van der Waals surface area contributed by atoms with Gasteiger partial charge in [0, 0.05) is 17.6 Å². The Morgan fingerprint density at radius 3 is 2.85 bits per heavy atom. The maximum atomic E-state index is 12.0. The Bertz CT molecular complexity index is 796. The second-order valence-corrected chi connectivity index (χ2v) is 5.25. The molecule has 0 saturated carbocycles. The molecule has 0 saturated heterocycles. The van der Waals surface area contributed by atoms with Crippen LogP contribution in [0.3, 0.4) is 0 Å². The van der Waals surface area contributed by atoms with Crippen molar-refractivity contribution in [1.82, 2.24) is 9.97 Å². The lowest BCUT2D eigenvalue weighted by Crippen LogP contribution is -2.15. The minimum Gasteiger partial charge on any atom is -0.380 e. The summed E-state index contributed by atoms with van der Waals surface area (Å²) in [7, 11) is 0. The third-order valence-electron chi connectivity index (χ3n) is 3.04. The van der Waals surface area contributed by atoms with Crippen LogP contribution in [0.5, 0.6) is 0 Å². The average Bonchev–Trinajstić information content (AvgIpc) is 2.47. The molecule has 2 aromatic heterocycles. The normalized spacial score (nSPS) is 10.7. The lowest BCUT2D eigenvalue weighted by molar-refractivity contribution is 1.08. The molecule has 0 atom stereocenters. The van der Waals surface area contributed by atoms with Gasteiger partial charge in [-0.15, -0.1) is 0 Å². The molecule has 0 aliphatic rings. The van der Waals surface area contributed by atoms with Gasteiger partial charge in [0.05, 0.1) is 11.9 Å². The zero-order chi connectivity index (χ0) is 13.9. The van der Waals surface area contributed by atoms with E-state index in [0.717, 1.165) is 21.2 Å². The molecule has 0 aliphatic heterocycles. The van der Waals surface area contributed by atoms with E-state index in [2.05, 4.69) is 31.2 Å². The van der Waals surface area contributed by atoms with E-state index in [1.165, 1.54) is 0 Å². The number of nitrogens with one attached hydrogen (secondary N) is 2. The molecule has 3 aromatic rings. The SMILES string of the molecule is O=c1[nH]c2ccccc2cc1CNc1ccc(Br)nc1. The first-order chi connectivity index (χ1) is 9.72. The van der Waals surface area contributed by atoms with E-state index >= 15 is 0 Å². The molecule has 20 heavy (non-hydrogen) atoms. The summed E-state index contributed by atoms with van der Waals surface area (Å²) in [5.74, 6) is 0. The van der Waals surface area contributed by atoms with Crippen molar-refractivity contribution in [3.8, 4) is 0 Å². The van der Waals surface area contributed by atoms with E-state index in [4.69, 9.17) is 0 Å². The van der Waals surface area contributed by atoms with Crippen LogP contribution >= 0.6 is 15.9 Å². The third-order valence-corrected chi connectivity index (χ3v) is 3.51. The number of nitrogens with zero attached hydrogens (tertiary/aromatic N) is 1. The lowest BCUT2D eigenvalue weighted by Gasteiger charge is -2.06. The Balaban J connectivity index is 1.85. The molecule has 0 radical (unpaired) electrons. The average molecular weight is 330 g/mol. The van der Waals surface area contributed by atoms with Gasteiger partial charge in [0.25, 0.3) is 5.56 Å². The van der Waals surface area contributed by atoms with Crippen LogP contribution in [-0.2, 0) is 6.54 Å². The second kappa shape index (κ2) is 5.46. The van der Waals surface area contributed by atoms with Crippen LogP contribution in [-0.4, -0.2) is 9.97 Å². The van der Waals surface area contributed by atoms with Crippen molar-refractivity contribution < 1.29 is 0 Å². The molecule has 0 unspecified atom stereocenters. The zero-order valence-corrected chi connectivity index (χ0v) is 12.1. The van der Waals surface area contributed by atoms with Crippen molar-refractivity contribution in [2.24, 2.45) is 0 Å². The van der Waals surface area contributed by atoms with Crippen LogP contribution in [0, 0.1) is 0 Å². The van der Waals surface area contributed by atoms with E-state index in [1.807, 2.05) is 42.5 Å². The van der Waals surface area contributed by atoms with E-state index in [0.29, 0.717) is 12.1 Å². The first-order valence-electron chi connectivity index (χ1n) is 6.19. The lowest BCUT2D eigenvalue weighted by atomic mass is 10.1. The van der Waals surface area contributed by atoms with E-state index in [-0.39, 0.29) is 5.56 Å². The van der Waals surface area contributed by atoms with Crippen LogP contribution in [0.4, 0.5) is 5.69 Å². The summed E-state index contributed by atoms with van der Waals surface area (Å²) >= 11 is 3.29. The minimum absolute atomic E-state index is 0.0683. The molecule has 4 nitrogen and oxygen atoms in total. The van der Waals surface area contributed by atoms with Crippen LogP contribution in [0.15, 0.2) is 58.1 Å². The number of benzene rings is 1. The van der Waals surface area contributed by atoms with Gasteiger partial charge in [-0.3, -0.25) is 4.79 Å². The molecule has 2 heterocycles. The van der Waals surface area contributed by atoms with Crippen molar-refractivity contribution in [3.05, 3.63) is 69.2 Å². The molecule has 100 valence electrons. The predicted octanol–water partition coefficient (Wildman–Crippen LogP) is 3.30. The number of hydrogen-bond acceptors (Lipinski definition) is 3. The number of H-pyrrole nitrogens is 1. The van der Waals surface area contributed by atoms with Crippen LogP contribution in [0.1, 0.15) is 5.56 Å².